The SMILES string of the molecule is O=C(Nc1ccc(Br)cc1F)[C@H]1CC[C@]12CC[C@H](c1ccnc3ccc(F)cc31)CC2. The zero-order valence-electron chi connectivity index (χ0n) is 17.0. The lowest BCUT2D eigenvalue weighted by Crippen LogP contribution is -2.48. The topological polar surface area (TPSA) is 42.0 Å². The first-order valence-electron chi connectivity index (χ1n) is 10.8. The number of halogens is 3. The molecule has 0 aliphatic heterocycles. The van der Waals surface area contributed by atoms with Gasteiger partial charge in [-0.2, -0.15) is 0 Å². The molecule has 0 saturated heterocycles. The molecule has 1 heterocycles. The van der Waals surface area contributed by atoms with Crippen molar-refractivity contribution in [3.05, 3.63) is 70.3 Å². The van der Waals surface area contributed by atoms with Gasteiger partial charge in [-0.15, -0.1) is 0 Å². The Morgan fingerprint density at radius 2 is 1.81 bits per heavy atom. The summed E-state index contributed by atoms with van der Waals surface area (Å²) in [5, 5.41) is 3.69. The molecule has 5 rings (SSSR count). The molecule has 31 heavy (non-hydrogen) atoms. The number of nitrogens with zero attached hydrogens (tertiary/aromatic N) is 1. The maximum atomic E-state index is 14.1. The maximum absolute atomic E-state index is 14.1. The Hall–Kier alpha value is -2.34. The van der Waals surface area contributed by atoms with Gasteiger partial charge in [-0.05, 0) is 97.9 Å². The highest BCUT2D eigenvalue weighted by Gasteiger charge is 2.51. The number of benzene rings is 2. The van der Waals surface area contributed by atoms with E-state index in [4.69, 9.17) is 0 Å². The van der Waals surface area contributed by atoms with Gasteiger partial charge in [0, 0.05) is 22.0 Å². The molecule has 6 heteroatoms. The number of rotatable bonds is 3. The molecule has 160 valence electrons. The van der Waals surface area contributed by atoms with Gasteiger partial charge in [-0.1, -0.05) is 15.9 Å². The van der Waals surface area contributed by atoms with Crippen molar-refractivity contribution in [1.29, 1.82) is 0 Å². The number of anilines is 1. The first-order valence-corrected chi connectivity index (χ1v) is 11.5. The average Bonchev–Trinajstić information content (AvgIpc) is 2.74. The lowest BCUT2D eigenvalue weighted by molar-refractivity contribution is -0.133. The first kappa shape index (κ1) is 20.6. The molecular formula is C25H23BrF2N2O. The summed E-state index contributed by atoms with van der Waals surface area (Å²) in [5.41, 5.74) is 2.20. The Bertz CT molecular complexity index is 1160. The average molecular weight is 485 g/mol. The lowest BCUT2D eigenvalue weighted by atomic mass is 9.52. The Morgan fingerprint density at radius 3 is 2.52 bits per heavy atom. The van der Waals surface area contributed by atoms with Gasteiger partial charge in [0.15, 0.2) is 0 Å². The van der Waals surface area contributed by atoms with Gasteiger partial charge < -0.3 is 5.32 Å². The fourth-order valence-electron chi connectivity index (χ4n) is 5.51. The van der Waals surface area contributed by atoms with E-state index >= 15 is 0 Å². The zero-order chi connectivity index (χ0) is 21.6. The Balaban J connectivity index is 1.30. The van der Waals surface area contributed by atoms with Gasteiger partial charge in [0.05, 0.1) is 11.2 Å². The maximum Gasteiger partial charge on any atom is 0.228 e. The molecule has 3 aromatic rings. The quantitative estimate of drug-likeness (QED) is 0.436. The van der Waals surface area contributed by atoms with Gasteiger partial charge in [-0.3, -0.25) is 9.78 Å². The molecule has 2 aliphatic carbocycles. The molecule has 0 radical (unpaired) electrons. The van der Waals surface area contributed by atoms with Crippen molar-refractivity contribution < 1.29 is 13.6 Å². The van der Waals surface area contributed by atoms with Gasteiger partial charge in [0.2, 0.25) is 5.91 Å². The monoisotopic (exact) mass is 484 g/mol. The van der Waals surface area contributed by atoms with E-state index in [-0.39, 0.29) is 28.7 Å². The molecule has 1 aromatic heterocycles. The largest absolute Gasteiger partial charge is 0.323 e. The third-order valence-corrected chi connectivity index (χ3v) is 7.83. The molecule has 3 nitrogen and oxygen atoms in total. The minimum absolute atomic E-state index is 0.000503. The van der Waals surface area contributed by atoms with Crippen molar-refractivity contribution in [3.63, 3.8) is 0 Å². The van der Waals surface area contributed by atoms with Crippen molar-refractivity contribution in [2.45, 2.75) is 44.4 Å². The van der Waals surface area contributed by atoms with Gasteiger partial charge in [0.25, 0.3) is 0 Å². The van der Waals surface area contributed by atoms with Crippen LogP contribution in [0.3, 0.4) is 0 Å². The molecule has 1 atom stereocenters. The van der Waals surface area contributed by atoms with Crippen LogP contribution in [0, 0.1) is 23.0 Å². The van der Waals surface area contributed by atoms with Gasteiger partial charge in [-0.25, -0.2) is 8.78 Å². The summed E-state index contributed by atoms with van der Waals surface area (Å²) < 4.78 is 28.6. The summed E-state index contributed by atoms with van der Waals surface area (Å²) >= 11 is 3.24. The lowest BCUT2D eigenvalue weighted by Gasteiger charge is -2.52. The van der Waals surface area contributed by atoms with E-state index in [1.165, 1.54) is 12.1 Å². The van der Waals surface area contributed by atoms with Crippen LogP contribution >= 0.6 is 15.9 Å². The number of fused-ring (bicyclic) bond motifs is 1. The van der Waals surface area contributed by atoms with Crippen LogP contribution in [0.1, 0.15) is 50.0 Å². The van der Waals surface area contributed by atoms with Gasteiger partial charge >= 0.3 is 0 Å². The number of carbonyl (C=O) groups excluding carboxylic acids is 1. The highest BCUT2D eigenvalue weighted by molar-refractivity contribution is 9.10. The molecule has 2 saturated carbocycles. The zero-order valence-corrected chi connectivity index (χ0v) is 18.6. The second-order valence-corrected chi connectivity index (χ2v) is 9.82. The van der Waals surface area contributed by atoms with Crippen LogP contribution in [0.15, 0.2) is 53.1 Å². The highest BCUT2D eigenvalue weighted by Crippen LogP contribution is 2.58. The van der Waals surface area contributed by atoms with Crippen molar-refractivity contribution in [3.8, 4) is 0 Å². The summed E-state index contributed by atoms with van der Waals surface area (Å²) in [7, 11) is 0. The molecule has 0 bridgehead atoms. The summed E-state index contributed by atoms with van der Waals surface area (Å²) in [5.74, 6) is -0.502. The first-order chi connectivity index (χ1) is 14.9. The van der Waals surface area contributed by atoms with E-state index in [2.05, 4.69) is 26.2 Å². The number of nitrogens with one attached hydrogen (secondary N) is 1. The molecule has 0 unspecified atom stereocenters. The summed E-state index contributed by atoms with van der Waals surface area (Å²) in [4.78, 5) is 17.3. The van der Waals surface area contributed by atoms with E-state index in [0.717, 1.165) is 55.0 Å². The fourth-order valence-corrected chi connectivity index (χ4v) is 5.85. The van der Waals surface area contributed by atoms with Crippen LogP contribution in [0.2, 0.25) is 0 Å². The standard InChI is InChI=1S/C25H23BrF2N2O/c26-16-1-3-23(21(28)13-16)30-24(31)20-7-11-25(20)9-5-15(6-10-25)18-8-12-29-22-4-2-17(27)14-19(18)22/h1-4,8,12-15,20H,5-7,9-11H2,(H,30,31)/t15-,20-,25+/m1/s1. The molecule has 2 aliphatic rings. The predicted octanol–water partition coefficient (Wildman–Crippen LogP) is 6.97. The van der Waals surface area contributed by atoms with Crippen LogP contribution in [-0.4, -0.2) is 10.9 Å². The summed E-state index contributed by atoms with van der Waals surface area (Å²) in [6.07, 6.45) is 7.52. The second-order valence-electron chi connectivity index (χ2n) is 8.90. The number of amides is 1. The van der Waals surface area contributed by atoms with E-state index < -0.39 is 5.82 Å². The number of carbonyl (C=O) groups is 1. The normalized spacial score (nSPS) is 25.4. The minimum Gasteiger partial charge on any atom is -0.323 e. The van der Waals surface area contributed by atoms with Crippen LogP contribution in [0.4, 0.5) is 14.5 Å². The number of pyridine rings is 1. The predicted molar refractivity (Wildman–Crippen MR) is 121 cm³/mol. The van der Waals surface area contributed by atoms with E-state index in [1.807, 2.05) is 6.07 Å². The van der Waals surface area contributed by atoms with Crippen molar-refractivity contribution >= 4 is 38.4 Å². The third kappa shape index (κ3) is 3.75. The van der Waals surface area contributed by atoms with Crippen molar-refractivity contribution in [1.82, 2.24) is 4.98 Å². The number of hydrogen-bond donors (Lipinski definition) is 1. The molecule has 1 amide bonds. The van der Waals surface area contributed by atoms with Crippen LogP contribution < -0.4 is 5.32 Å². The molecule has 2 aromatic carbocycles. The fraction of sp³-hybridized carbons (Fsp3) is 0.360. The molecule has 1 N–H and O–H groups in total. The number of aromatic nitrogens is 1. The number of hydrogen-bond acceptors (Lipinski definition) is 2. The van der Waals surface area contributed by atoms with E-state index in [9.17, 15) is 13.6 Å². The van der Waals surface area contributed by atoms with E-state index in [1.54, 1.807) is 30.5 Å². The van der Waals surface area contributed by atoms with Crippen molar-refractivity contribution in [2.24, 2.45) is 11.3 Å². The third-order valence-electron chi connectivity index (χ3n) is 7.33. The van der Waals surface area contributed by atoms with Crippen LogP contribution in [0.5, 0.6) is 0 Å². The summed E-state index contributed by atoms with van der Waals surface area (Å²) in [6, 6.07) is 11.4. The molecule has 1 spiro atoms. The smallest absolute Gasteiger partial charge is 0.228 e. The van der Waals surface area contributed by atoms with E-state index in [0.29, 0.717) is 10.4 Å². The van der Waals surface area contributed by atoms with Crippen LogP contribution in [0.25, 0.3) is 10.9 Å². The second kappa shape index (κ2) is 7.97. The van der Waals surface area contributed by atoms with Crippen LogP contribution in [-0.2, 0) is 4.79 Å². The Morgan fingerprint density at radius 1 is 1.03 bits per heavy atom. The molecular weight excluding hydrogens is 462 g/mol. The summed E-state index contributed by atoms with van der Waals surface area (Å²) in [6.45, 7) is 0. The molecule has 2 fully saturated rings. The Labute approximate surface area is 188 Å². The van der Waals surface area contributed by atoms with Gasteiger partial charge in [0.1, 0.15) is 11.6 Å². The Kier molecular flexibility index (Phi) is 5.29. The van der Waals surface area contributed by atoms with Crippen molar-refractivity contribution in [2.75, 3.05) is 5.32 Å². The highest BCUT2D eigenvalue weighted by atomic mass is 79.9. The minimum atomic E-state index is -0.434.